The largest absolute Gasteiger partial charge is 0.493 e. The van der Waals surface area contributed by atoms with Crippen LogP contribution in [0, 0.1) is 0 Å². The van der Waals surface area contributed by atoms with Crippen LogP contribution in [0.25, 0.3) is 6.08 Å². The first-order chi connectivity index (χ1) is 14.8. The summed E-state index contributed by atoms with van der Waals surface area (Å²) in [5.41, 5.74) is 0.752. The molecule has 0 saturated carbocycles. The average Bonchev–Trinajstić information content (AvgIpc) is 2.99. The fourth-order valence-electron chi connectivity index (χ4n) is 2.92. The van der Waals surface area contributed by atoms with Crippen molar-refractivity contribution in [2.45, 2.75) is 39.2 Å². The van der Waals surface area contributed by atoms with Gasteiger partial charge in [0.2, 0.25) is 5.91 Å². The van der Waals surface area contributed by atoms with Crippen LogP contribution in [-0.2, 0) is 14.4 Å². The van der Waals surface area contributed by atoms with Crippen molar-refractivity contribution in [3.05, 3.63) is 28.7 Å². The van der Waals surface area contributed by atoms with Gasteiger partial charge in [-0.05, 0) is 37.1 Å². The summed E-state index contributed by atoms with van der Waals surface area (Å²) in [4.78, 5) is 37.9. The summed E-state index contributed by atoms with van der Waals surface area (Å²) in [6.07, 6.45) is 2.65. The van der Waals surface area contributed by atoms with Crippen molar-refractivity contribution < 1.29 is 29.0 Å². The van der Waals surface area contributed by atoms with Gasteiger partial charge in [-0.1, -0.05) is 43.4 Å². The van der Waals surface area contributed by atoms with Gasteiger partial charge in [-0.2, -0.15) is 0 Å². The van der Waals surface area contributed by atoms with E-state index in [0.29, 0.717) is 40.2 Å². The minimum Gasteiger partial charge on any atom is -0.493 e. The Labute approximate surface area is 191 Å². The maximum atomic E-state index is 12.8. The Bertz CT molecular complexity index is 887. The smallest absolute Gasteiger partial charge is 0.326 e. The number of nitrogens with one attached hydrogen (secondary N) is 1. The lowest BCUT2D eigenvalue weighted by molar-refractivity contribution is -0.142. The van der Waals surface area contributed by atoms with Gasteiger partial charge in [0.1, 0.15) is 10.4 Å². The molecule has 168 valence electrons. The number of hydrogen-bond acceptors (Lipinski definition) is 7. The maximum absolute atomic E-state index is 12.8. The van der Waals surface area contributed by atoms with Crippen molar-refractivity contribution >= 4 is 52.2 Å². The van der Waals surface area contributed by atoms with Crippen LogP contribution in [0.15, 0.2) is 23.1 Å². The molecular formula is C21H26N2O6S2. The first-order valence-corrected chi connectivity index (χ1v) is 11.1. The molecule has 1 heterocycles. The zero-order valence-corrected chi connectivity index (χ0v) is 19.3. The summed E-state index contributed by atoms with van der Waals surface area (Å²) in [5, 5.41) is 11.6. The highest BCUT2D eigenvalue weighted by atomic mass is 32.2. The molecule has 1 aliphatic heterocycles. The van der Waals surface area contributed by atoms with E-state index in [4.69, 9.17) is 26.8 Å². The van der Waals surface area contributed by atoms with E-state index in [1.165, 1.54) is 4.90 Å². The van der Waals surface area contributed by atoms with E-state index in [1.807, 2.05) is 19.9 Å². The van der Waals surface area contributed by atoms with Crippen molar-refractivity contribution in [1.29, 1.82) is 0 Å². The van der Waals surface area contributed by atoms with Gasteiger partial charge in [0.25, 0.3) is 5.91 Å². The van der Waals surface area contributed by atoms with Crippen molar-refractivity contribution in [3.8, 4) is 11.5 Å². The number of carbonyl (C=O) groups is 3. The minimum absolute atomic E-state index is 0.0376. The van der Waals surface area contributed by atoms with Crippen LogP contribution < -0.4 is 14.8 Å². The third-order valence-electron chi connectivity index (χ3n) is 4.43. The van der Waals surface area contributed by atoms with Crippen LogP contribution in [0.4, 0.5) is 0 Å². The molecule has 1 unspecified atom stereocenters. The molecule has 2 amide bonds. The monoisotopic (exact) mass is 466 g/mol. The van der Waals surface area contributed by atoms with E-state index in [1.54, 1.807) is 25.3 Å². The Hall–Kier alpha value is -2.59. The number of carboxylic acids is 1. The van der Waals surface area contributed by atoms with E-state index in [2.05, 4.69) is 5.32 Å². The summed E-state index contributed by atoms with van der Waals surface area (Å²) in [6, 6.07) is 4.42. The van der Waals surface area contributed by atoms with Gasteiger partial charge in [0, 0.05) is 13.0 Å². The normalized spacial score (nSPS) is 15.8. The van der Waals surface area contributed by atoms with Crippen LogP contribution >= 0.6 is 24.0 Å². The highest BCUT2D eigenvalue weighted by Gasteiger charge is 2.32. The van der Waals surface area contributed by atoms with Gasteiger partial charge < -0.3 is 19.9 Å². The van der Waals surface area contributed by atoms with Crippen LogP contribution in [0.5, 0.6) is 11.5 Å². The molecule has 10 heteroatoms. The fourth-order valence-corrected chi connectivity index (χ4v) is 4.23. The van der Waals surface area contributed by atoms with Gasteiger partial charge in [-0.25, -0.2) is 4.79 Å². The highest BCUT2D eigenvalue weighted by Crippen LogP contribution is 2.34. The highest BCUT2D eigenvalue weighted by molar-refractivity contribution is 8.26. The van der Waals surface area contributed by atoms with Crippen molar-refractivity contribution in [3.63, 3.8) is 0 Å². The van der Waals surface area contributed by atoms with E-state index in [9.17, 15) is 14.4 Å². The van der Waals surface area contributed by atoms with Crippen LogP contribution in [0.2, 0.25) is 0 Å². The molecule has 1 aromatic rings. The lowest BCUT2D eigenvalue weighted by Crippen LogP contribution is -2.42. The average molecular weight is 467 g/mol. The Kier molecular flexibility index (Phi) is 9.32. The Balaban J connectivity index is 2.04. The molecule has 2 rings (SSSR count). The quantitative estimate of drug-likeness (QED) is 0.379. The predicted molar refractivity (Wildman–Crippen MR) is 123 cm³/mol. The first-order valence-electron chi connectivity index (χ1n) is 9.89. The molecule has 0 radical (unpaired) electrons. The number of nitrogens with zero attached hydrogens (tertiary/aromatic N) is 1. The number of ether oxygens (including phenoxy) is 2. The van der Waals surface area contributed by atoms with Gasteiger partial charge >= 0.3 is 5.97 Å². The Morgan fingerprint density at radius 3 is 2.68 bits per heavy atom. The molecule has 2 N–H and O–H groups in total. The molecule has 0 aliphatic carbocycles. The fraction of sp³-hybridized carbons (Fsp3) is 0.429. The molecule has 1 aliphatic rings. The molecule has 0 bridgehead atoms. The molecule has 8 nitrogen and oxygen atoms in total. The molecule has 1 aromatic carbocycles. The van der Waals surface area contributed by atoms with Crippen LogP contribution in [-0.4, -0.2) is 58.4 Å². The number of carbonyl (C=O) groups excluding carboxylic acids is 2. The summed E-state index contributed by atoms with van der Waals surface area (Å²) in [6.45, 7) is 4.31. The van der Waals surface area contributed by atoms with Crippen molar-refractivity contribution in [1.82, 2.24) is 10.2 Å². The minimum atomic E-state index is -1.07. The van der Waals surface area contributed by atoms with E-state index >= 15 is 0 Å². The number of thioether (sulfide) groups is 1. The van der Waals surface area contributed by atoms with E-state index in [-0.39, 0.29) is 18.9 Å². The molecule has 0 aromatic heterocycles. The lowest BCUT2D eigenvalue weighted by atomic mass is 10.1. The SMILES string of the molecule is CCCC(NC(=O)CCN1C(=O)C(=Cc2ccc(OCC)c(OC)c2)SC1=S)C(=O)O. The number of thiocarbonyl (C=S) groups is 1. The third-order valence-corrected chi connectivity index (χ3v) is 5.81. The number of amides is 2. The number of carboxylic acid groups (broad SMARTS) is 1. The summed E-state index contributed by atoms with van der Waals surface area (Å²) in [5.74, 6) is -0.630. The van der Waals surface area contributed by atoms with Gasteiger partial charge in [-0.3, -0.25) is 14.5 Å². The maximum Gasteiger partial charge on any atom is 0.326 e. The molecule has 1 fully saturated rings. The second-order valence-electron chi connectivity index (χ2n) is 6.67. The molecule has 1 saturated heterocycles. The van der Waals surface area contributed by atoms with Gasteiger partial charge in [0.15, 0.2) is 11.5 Å². The number of methoxy groups -OCH3 is 1. The van der Waals surface area contributed by atoms with Crippen molar-refractivity contribution in [2.75, 3.05) is 20.3 Å². The summed E-state index contributed by atoms with van der Waals surface area (Å²) in [7, 11) is 1.54. The standard InChI is InChI=1S/C21H26N2O6S2/c1-4-6-14(20(26)27)22-18(24)9-10-23-19(25)17(31-21(23)30)12-13-7-8-15(29-5-2)16(11-13)28-3/h7-8,11-12,14H,4-6,9-10H2,1-3H3,(H,22,24)(H,26,27). The second kappa shape index (κ2) is 11.7. The van der Waals surface area contributed by atoms with E-state index < -0.39 is 17.9 Å². The number of rotatable bonds is 11. The van der Waals surface area contributed by atoms with Gasteiger partial charge in [0.05, 0.1) is 18.6 Å². The van der Waals surface area contributed by atoms with Crippen molar-refractivity contribution in [2.24, 2.45) is 0 Å². The Morgan fingerprint density at radius 2 is 2.06 bits per heavy atom. The third kappa shape index (κ3) is 6.70. The zero-order valence-electron chi connectivity index (χ0n) is 17.7. The predicted octanol–water partition coefficient (Wildman–Crippen LogP) is 3.05. The second-order valence-corrected chi connectivity index (χ2v) is 8.35. The summed E-state index contributed by atoms with van der Waals surface area (Å²) >= 11 is 6.45. The number of benzene rings is 1. The molecule has 31 heavy (non-hydrogen) atoms. The van der Waals surface area contributed by atoms with E-state index in [0.717, 1.165) is 17.3 Å². The number of hydrogen-bond donors (Lipinski definition) is 2. The van der Waals surface area contributed by atoms with Crippen LogP contribution in [0.3, 0.4) is 0 Å². The van der Waals surface area contributed by atoms with Gasteiger partial charge in [-0.15, -0.1) is 0 Å². The molecule has 0 spiro atoms. The summed E-state index contributed by atoms with van der Waals surface area (Å²) < 4.78 is 11.2. The molecular weight excluding hydrogens is 440 g/mol. The first kappa shape index (κ1) is 24.7. The lowest BCUT2D eigenvalue weighted by Gasteiger charge is -2.16. The molecule has 1 atom stereocenters. The van der Waals surface area contributed by atoms with Crippen LogP contribution in [0.1, 0.15) is 38.7 Å². The topological polar surface area (TPSA) is 105 Å². The Morgan fingerprint density at radius 1 is 1.32 bits per heavy atom. The number of aliphatic carboxylic acids is 1. The zero-order chi connectivity index (χ0) is 23.0.